The first-order valence-electron chi connectivity index (χ1n) is 10.3. The lowest BCUT2D eigenvalue weighted by Crippen LogP contribution is -2.45. The maximum Gasteiger partial charge on any atom is 0.412 e. The van der Waals surface area contributed by atoms with Crippen LogP contribution in [0.3, 0.4) is 0 Å². The number of pyridine rings is 1. The lowest BCUT2D eigenvalue weighted by atomic mass is 9.99. The van der Waals surface area contributed by atoms with Crippen LogP contribution in [0, 0.1) is 13.8 Å². The Morgan fingerprint density at radius 3 is 2.68 bits per heavy atom. The second-order valence-corrected chi connectivity index (χ2v) is 10.0. The molecule has 4 rings (SSSR count). The van der Waals surface area contributed by atoms with Gasteiger partial charge in [-0.3, -0.25) is 14.7 Å². The van der Waals surface area contributed by atoms with E-state index >= 15 is 0 Å². The lowest BCUT2D eigenvalue weighted by Gasteiger charge is -2.31. The van der Waals surface area contributed by atoms with Crippen molar-refractivity contribution in [1.29, 1.82) is 0 Å². The quantitative estimate of drug-likeness (QED) is 0.554. The maximum atomic E-state index is 13.8. The molecule has 0 radical (unpaired) electrons. The number of aromatic nitrogens is 2. The number of carbonyl (C=O) groups excluding carboxylic acids is 2. The number of nitrogens with zero attached hydrogens (tertiary/aromatic N) is 2. The summed E-state index contributed by atoms with van der Waals surface area (Å²) in [4.78, 5) is 36.2. The van der Waals surface area contributed by atoms with Crippen molar-refractivity contribution >= 4 is 34.5 Å². The van der Waals surface area contributed by atoms with E-state index in [1.807, 2.05) is 65.0 Å². The van der Waals surface area contributed by atoms with Gasteiger partial charge in [-0.15, -0.1) is 11.8 Å². The third kappa shape index (κ3) is 4.19. The topological polar surface area (TPSA) is 75.3 Å². The number of benzene rings is 1. The molecule has 1 N–H and O–H groups in total. The van der Waals surface area contributed by atoms with E-state index in [0.717, 1.165) is 27.7 Å². The minimum atomic E-state index is -0.661. The Balaban J connectivity index is 1.76. The number of hydrogen-bond acceptors (Lipinski definition) is 5. The molecule has 2 aromatic heterocycles. The molecule has 1 aromatic carbocycles. The Morgan fingerprint density at radius 2 is 2.00 bits per heavy atom. The fourth-order valence-corrected chi connectivity index (χ4v) is 5.35. The first-order valence-corrected chi connectivity index (χ1v) is 11.4. The Hall–Kier alpha value is -2.80. The fraction of sp³-hybridized carbons (Fsp3) is 0.375. The highest BCUT2D eigenvalue weighted by atomic mass is 32.2. The van der Waals surface area contributed by atoms with Gasteiger partial charge >= 0.3 is 6.09 Å². The first-order chi connectivity index (χ1) is 14.7. The van der Waals surface area contributed by atoms with E-state index in [2.05, 4.69) is 9.97 Å². The van der Waals surface area contributed by atoms with Crippen molar-refractivity contribution < 1.29 is 14.3 Å². The summed E-state index contributed by atoms with van der Waals surface area (Å²) in [6.07, 6.45) is 2.95. The molecular weight excluding hydrogens is 410 g/mol. The average molecular weight is 438 g/mol. The summed E-state index contributed by atoms with van der Waals surface area (Å²) in [7, 11) is 0. The minimum Gasteiger partial charge on any atom is -0.444 e. The van der Waals surface area contributed by atoms with Crippen LogP contribution in [0.1, 0.15) is 53.3 Å². The van der Waals surface area contributed by atoms with Crippen LogP contribution in [0.4, 0.5) is 4.79 Å². The molecule has 3 heterocycles. The Kier molecular flexibility index (Phi) is 5.56. The molecule has 1 saturated heterocycles. The van der Waals surface area contributed by atoms with Crippen LogP contribution in [0.15, 0.2) is 42.7 Å². The van der Waals surface area contributed by atoms with Gasteiger partial charge in [0.1, 0.15) is 17.0 Å². The minimum absolute atomic E-state index is 0.0703. The van der Waals surface area contributed by atoms with Crippen LogP contribution in [-0.2, 0) is 4.74 Å². The highest BCUT2D eigenvalue weighted by Gasteiger charge is 2.45. The molecule has 2 unspecified atom stereocenters. The molecule has 0 saturated carbocycles. The Morgan fingerprint density at radius 1 is 1.23 bits per heavy atom. The molecule has 162 valence electrons. The van der Waals surface area contributed by atoms with Gasteiger partial charge in [0.15, 0.2) is 5.78 Å². The van der Waals surface area contributed by atoms with Gasteiger partial charge in [0.25, 0.3) is 0 Å². The van der Waals surface area contributed by atoms with E-state index in [-0.39, 0.29) is 11.2 Å². The van der Waals surface area contributed by atoms with Gasteiger partial charge in [-0.1, -0.05) is 17.7 Å². The third-order valence-corrected chi connectivity index (χ3v) is 6.59. The average Bonchev–Trinajstić information content (AvgIpc) is 3.27. The number of ether oxygens (including phenoxy) is 1. The monoisotopic (exact) mass is 437 g/mol. The summed E-state index contributed by atoms with van der Waals surface area (Å²) in [6.45, 7) is 9.40. The number of amides is 1. The molecular formula is C24H27N3O3S. The SMILES string of the molecule is Cc1ccc2[nH]c(C)c(C(=O)C3CSC(c4cccnc4)N3C(=O)OC(C)(C)C)c2c1. The van der Waals surface area contributed by atoms with Crippen molar-refractivity contribution in [3.05, 3.63) is 65.1 Å². The number of ketones is 1. The number of Topliss-reactive ketones (excluding diaryl/α,β-unsaturated/α-hetero) is 1. The maximum absolute atomic E-state index is 13.8. The van der Waals surface area contributed by atoms with Crippen LogP contribution in [0.25, 0.3) is 10.9 Å². The van der Waals surface area contributed by atoms with E-state index < -0.39 is 17.7 Å². The second-order valence-electron chi connectivity index (χ2n) is 8.91. The number of thioether (sulfide) groups is 1. The van der Waals surface area contributed by atoms with Gasteiger partial charge in [0.05, 0.1) is 0 Å². The van der Waals surface area contributed by atoms with Crippen molar-refractivity contribution in [3.63, 3.8) is 0 Å². The Bertz CT molecular complexity index is 1130. The summed E-state index contributed by atoms with van der Waals surface area (Å²) >= 11 is 1.56. The molecule has 1 aliphatic rings. The normalized spacial score (nSPS) is 19.1. The van der Waals surface area contributed by atoms with E-state index in [1.54, 1.807) is 29.1 Å². The highest BCUT2D eigenvalue weighted by molar-refractivity contribution is 7.99. The summed E-state index contributed by atoms with van der Waals surface area (Å²) in [5.41, 5.74) is 3.67. The molecule has 7 heteroatoms. The third-order valence-electron chi connectivity index (χ3n) is 5.26. The van der Waals surface area contributed by atoms with Crippen LogP contribution in [0.2, 0.25) is 0 Å². The van der Waals surface area contributed by atoms with E-state index in [0.29, 0.717) is 11.3 Å². The number of fused-ring (bicyclic) bond motifs is 1. The predicted octanol–water partition coefficient (Wildman–Crippen LogP) is 5.41. The smallest absolute Gasteiger partial charge is 0.412 e. The number of carbonyl (C=O) groups is 2. The summed E-state index contributed by atoms with van der Waals surface area (Å²) in [5.74, 6) is 0.425. The summed E-state index contributed by atoms with van der Waals surface area (Å²) in [5, 5.41) is 0.561. The summed E-state index contributed by atoms with van der Waals surface area (Å²) < 4.78 is 5.70. The van der Waals surface area contributed by atoms with Gasteiger partial charge in [-0.05, 0) is 52.8 Å². The van der Waals surface area contributed by atoms with Crippen molar-refractivity contribution in [2.24, 2.45) is 0 Å². The Labute approximate surface area is 186 Å². The van der Waals surface area contributed by atoms with E-state index in [9.17, 15) is 9.59 Å². The zero-order valence-corrected chi connectivity index (χ0v) is 19.2. The molecule has 0 aliphatic carbocycles. The second kappa shape index (κ2) is 8.04. The number of H-pyrrole nitrogens is 1. The predicted molar refractivity (Wildman–Crippen MR) is 123 cm³/mol. The zero-order chi connectivity index (χ0) is 22.3. The van der Waals surface area contributed by atoms with Crippen LogP contribution in [0.5, 0.6) is 0 Å². The standard InChI is InChI=1S/C24H27N3O3S/c1-14-8-9-18-17(11-14)20(15(2)26-18)21(28)19-13-31-22(16-7-6-10-25-12-16)27(19)23(29)30-24(3,4)5/h6-12,19,22,26H,13H2,1-5H3. The number of nitrogens with one attached hydrogen (secondary N) is 1. The van der Waals surface area contributed by atoms with E-state index in [1.165, 1.54) is 0 Å². The van der Waals surface area contributed by atoms with Gasteiger partial charge in [0.2, 0.25) is 0 Å². The first kappa shape index (κ1) is 21.4. The zero-order valence-electron chi connectivity index (χ0n) is 18.4. The van der Waals surface area contributed by atoms with Gasteiger partial charge < -0.3 is 9.72 Å². The lowest BCUT2D eigenvalue weighted by molar-refractivity contribution is 0.0172. The van der Waals surface area contributed by atoms with Gasteiger partial charge in [-0.25, -0.2) is 4.79 Å². The number of aromatic amines is 1. The number of rotatable bonds is 3. The van der Waals surface area contributed by atoms with Crippen LogP contribution < -0.4 is 0 Å². The molecule has 1 amide bonds. The number of hydrogen-bond donors (Lipinski definition) is 1. The largest absolute Gasteiger partial charge is 0.444 e. The van der Waals surface area contributed by atoms with Gasteiger partial charge in [0, 0.05) is 45.9 Å². The molecule has 3 aromatic rings. The van der Waals surface area contributed by atoms with Crippen molar-refractivity contribution in [2.75, 3.05) is 5.75 Å². The molecule has 1 fully saturated rings. The van der Waals surface area contributed by atoms with Crippen LogP contribution >= 0.6 is 11.8 Å². The van der Waals surface area contributed by atoms with Gasteiger partial charge in [-0.2, -0.15) is 0 Å². The molecule has 0 bridgehead atoms. The molecule has 0 spiro atoms. The highest BCUT2D eigenvalue weighted by Crippen LogP contribution is 2.43. The fourth-order valence-electron chi connectivity index (χ4n) is 3.95. The van der Waals surface area contributed by atoms with Crippen molar-refractivity contribution in [1.82, 2.24) is 14.9 Å². The summed E-state index contributed by atoms with van der Waals surface area (Å²) in [6, 6.07) is 9.17. The molecule has 31 heavy (non-hydrogen) atoms. The van der Waals surface area contributed by atoms with Crippen molar-refractivity contribution in [2.45, 2.75) is 51.6 Å². The van der Waals surface area contributed by atoms with E-state index in [4.69, 9.17) is 4.74 Å². The number of aryl methyl sites for hydroxylation is 2. The molecule has 2 atom stereocenters. The molecule has 6 nitrogen and oxygen atoms in total. The van der Waals surface area contributed by atoms with Crippen LogP contribution in [-0.4, -0.2) is 44.1 Å². The molecule has 1 aliphatic heterocycles. The van der Waals surface area contributed by atoms with Crippen molar-refractivity contribution in [3.8, 4) is 0 Å².